The topological polar surface area (TPSA) is 34.1 Å². The minimum absolute atomic E-state index is 0.392. The minimum atomic E-state index is -1.58. The van der Waals surface area contributed by atoms with Crippen molar-refractivity contribution in [3.8, 4) is 0 Å². The third-order valence-electron chi connectivity index (χ3n) is 5.86. The molecule has 3 atom stereocenters. The van der Waals surface area contributed by atoms with Crippen molar-refractivity contribution in [3.05, 3.63) is 22.0 Å². The van der Waals surface area contributed by atoms with E-state index in [1.807, 2.05) is 0 Å². The van der Waals surface area contributed by atoms with Crippen molar-refractivity contribution in [3.63, 3.8) is 0 Å². The molecule has 0 unspecified atom stereocenters. The number of Topliss-reactive ketones (excluding diaryl/α,β-unsaturated/α-hetero) is 2. The lowest BCUT2D eigenvalue weighted by Crippen LogP contribution is -2.38. The Kier molecular flexibility index (Phi) is 4.00. The first-order valence-electron chi connectivity index (χ1n) is 9.00. The van der Waals surface area contributed by atoms with Crippen LogP contribution in [0.5, 0.6) is 0 Å². The molecular formula is C19H30O2Si2. The van der Waals surface area contributed by atoms with E-state index in [4.69, 9.17) is 0 Å². The summed E-state index contributed by atoms with van der Waals surface area (Å²) >= 11 is 0. The minimum Gasteiger partial charge on any atom is -0.295 e. The van der Waals surface area contributed by atoms with Crippen LogP contribution in [-0.2, 0) is 9.59 Å². The lowest BCUT2D eigenvalue weighted by Gasteiger charge is -2.40. The maximum atomic E-state index is 12.6. The van der Waals surface area contributed by atoms with Crippen molar-refractivity contribution < 1.29 is 9.59 Å². The van der Waals surface area contributed by atoms with Crippen LogP contribution in [0.3, 0.4) is 0 Å². The Morgan fingerprint density at radius 1 is 0.870 bits per heavy atom. The molecule has 0 aromatic carbocycles. The van der Waals surface area contributed by atoms with Crippen LogP contribution < -0.4 is 0 Å². The second-order valence-electron chi connectivity index (χ2n) is 9.80. The Hall–Kier alpha value is -0.746. The lowest BCUT2D eigenvalue weighted by molar-refractivity contribution is -0.117. The second kappa shape index (κ2) is 5.38. The molecule has 0 bridgehead atoms. The first kappa shape index (κ1) is 17.1. The number of ketones is 2. The van der Waals surface area contributed by atoms with Crippen molar-refractivity contribution in [2.75, 3.05) is 0 Å². The normalized spacial score (nSPS) is 31.9. The summed E-state index contributed by atoms with van der Waals surface area (Å²) in [6, 6.07) is 0. The number of hydrogen-bond acceptors (Lipinski definition) is 2. The number of rotatable bonds is 2. The molecule has 0 spiro atoms. The van der Waals surface area contributed by atoms with Crippen LogP contribution in [0, 0.1) is 17.8 Å². The highest BCUT2D eigenvalue weighted by molar-refractivity contribution is 6.88. The van der Waals surface area contributed by atoms with Crippen molar-refractivity contribution in [2.45, 2.75) is 65.0 Å². The van der Waals surface area contributed by atoms with Crippen LogP contribution in [0.15, 0.2) is 22.0 Å². The van der Waals surface area contributed by atoms with Gasteiger partial charge >= 0.3 is 0 Å². The number of carbonyl (C=O) groups is 2. The zero-order chi connectivity index (χ0) is 17.2. The molecule has 0 aromatic rings. The molecule has 0 saturated heterocycles. The van der Waals surface area contributed by atoms with Crippen molar-refractivity contribution >= 4 is 27.7 Å². The van der Waals surface area contributed by atoms with E-state index >= 15 is 0 Å². The fourth-order valence-electron chi connectivity index (χ4n) is 4.93. The van der Waals surface area contributed by atoms with Gasteiger partial charge in [0, 0.05) is 12.8 Å². The van der Waals surface area contributed by atoms with E-state index in [2.05, 4.69) is 45.4 Å². The molecule has 0 amide bonds. The number of hydrogen-bond donors (Lipinski definition) is 0. The van der Waals surface area contributed by atoms with Gasteiger partial charge in [-0.05, 0) is 41.0 Å². The molecule has 0 heterocycles. The average Bonchev–Trinajstić information content (AvgIpc) is 2.68. The fraction of sp³-hybridized carbons (Fsp3) is 0.684. The van der Waals surface area contributed by atoms with Gasteiger partial charge in [-0.1, -0.05) is 50.9 Å². The second-order valence-corrected chi connectivity index (χ2v) is 19.8. The van der Waals surface area contributed by atoms with Gasteiger partial charge in [-0.3, -0.25) is 9.59 Å². The first-order chi connectivity index (χ1) is 10.5. The van der Waals surface area contributed by atoms with E-state index in [-0.39, 0.29) is 0 Å². The molecule has 23 heavy (non-hydrogen) atoms. The largest absolute Gasteiger partial charge is 0.295 e. The predicted octanol–water partition coefficient (Wildman–Crippen LogP) is 4.55. The lowest BCUT2D eigenvalue weighted by atomic mass is 9.68. The molecule has 0 N–H and O–H groups in total. The van der Waals surface area contributed by atoms with Gasteiger partial charge in [-0.25, -0.2) is 0 Å². The summed E-state index contributed by atoms with van der Waals surface area (Å²) in [6.07, 6.45) is 5.88. The van der Waals surface area contributed by atoms with Gasteiger partial charge in [0.2, 0.25) is 0 Å². The molecule has 2 nitrogen and oxygen atoms in total. The monoisotopic (exact) mass is 346 g/mol. The van der Waals surface area contributed by atoms with Crippen LogP contribution in [0.2, 0.25) is 39.3 Å². The van der Waals surface area contributed by atoms with Gasteiger partial charge in [0.05, 0.1) is 16.1 Å². The molecule has 4 heteroatoms. The number of allylic oxidation sites excluding steroid dienone is 4. The maximum Gasteiger partial charge on any atom is 0.155 e. The Labute approximate surface area is 142 Å². The quantitative estimate of drug-likeness (QED) is 0.687. The van der Waals surface area contributed by atoms with Crippen LogP contribution in [0.4, 0.5) is 0 Å². The molecule has 3 aliphatic rings. The van der Waals surface area contributed by atoms with E-state index in [1.165, 1.54) is 10.8 Å². The van der Waals surface area contributed by atoms with Crippen LogP contribution >= 0.6 is 0 Å². The van der Waals surface area contributed by atoms with Gasteiger partial charge < -0.3 is 0 Å². The van der Waals surface area contributed by atoms with E-state index in [0.717, 1.165) is 24.5 Å². The Bertz CT molecular complexity index is 629. The van der Waals surface area contributed by atoms with E-state index < -0.39 is 16.1 Å². The van der Waals surface area contributed by atoms with Gasteiger partial charge in [0.1, 0.15) is 0 Å². The van der Waals surface area contributed by atoms with E-state index in [9.17, 15) is 9.59 Å². The molecule has 0 radical (unpaired) electrons. The predicted molar refractivity (Wildman–Crippen MR) is 101 cm³/mol. The SMILES string of the molecule is C[Si](C)(C)C1=C[C@@H]2C[C@@H]3CC(=O)C([Si](C)(C)C)=C3C[C@H]2CC1=O. The summed E-state index contributed by atoms with van der Waals surface area (Å²) < 4.78 is 0. The summed E-state index contributed by atoms with van der Waals surface area (Å²) in [7, 11) is -3.12. The van der Waals surface area contributed by atoms with Crippen molar-refractivity contribution in [2.24, 2.45) is 17.8 Å². The highest BCUT2D eigenvalue weighted by Crippen LogP contribution is 2.50. The maximum absolute atomic E-state index is 12.6. The smallest absolute Gasteiger partial charge is 0.155 e. The molecule has 3 rings (SSSR count). The fourth-order valence-corrected chi connectivity index (χ4v) is 8.79. The summed E-state index contributed by atoms with van der Waals surface area (Å²) in [6.45, 7) is 13.7. The molecular weight excluding hydrogens is 316 g/mol. The third-order valence-corrected chi connectivity index (χ3v) is 10.0. The van der Waals surface area contributed by atoms with Gasteiger partial charge in [0.15, 0.2) is 11.6 Å². The molecule has 1 fully saturated rings. The Morgan fingerprint density at radius 2 is 1.52 bits per heavy atom. The summed E-state index contributed by atoms with van der Waals surface area (Å²) in [5.41, 5.74) is 1.45. The van der Waals surface area contributed by atoms with E-state index in [0.29, 0.717) is 35.7 Å². The Balaban J connectivity index is 1.95. The summed E-state index contributed by atoms with van der Waals surface area (Å²) in [5, 5.41) is 2.37. The average molecular weight is 347 g/mol. The highest BCUT2D eigenvalue weighted by Gasteiger charge is 2.46. The summed E-state index contributed by atoms with van der Waals surface area (Å²) in [4.78, 5) is 25.2. The van der Waals surface area contributed by atoms with Crippen LogP contribution in [-0.4, -0.2) is 27.7 Å². The van der Waals surface area contributed by atoms with E-state index in [1.54, 1.807) is 0 Å². The molecule has 0 aromatic heterocycles. The van der Waals surface area contributed by atoms with Gasteiger partial charge in [-0.2, -0.15) is 0 Å². The highest BCUT2D eigenvalue weighted by atomic mass is 28.3. The van der Waals surface area contributed by atoms with Gasteiger partial charge in [0.25, 0.3) is 0 Å². The van der Waals surface area contributed by atoms with Crippen LogP contribution in [0.25, 0.3) is 0 Å². The van der Waals surface area contributed by atoms with Crippen LogP contribution in [0.1, 0.15) is 25.7 Å². The molecule has 1 saturated carbocycles. The van der Waals surface area contributed by atoms with Crippen molar-refractivity contribution in [1.82, 2.24) is 0 Å². The molecule has 0 aliphatic heterocycles. The molecule has 3 aliphatic carbocycles. The standard InChI is InChI=1S/C19H30O2Si2/c1-22(2,3)18-11-12-7-14-10-17(21)19(23(4,5)6)15(14)8-13(12)9-16(18)20/h11-14H,7-10H2,1-6H3/t12-,13-,14+/m0/s1. The molecule has 126 valence electrons. The number of fused-ring (bicyclic) bond motifs is 2. The zero-order valence-corrected chi connectivity index (χ0v) is 17.5. The summed E-state index contributed by atoms with van der Waals surface area (Å²) in [5.74, 6) is 2.26. The van der Waals surface area contributed by atoms with Gasteiger partial charge in [-0.15, -0.1) is 0 Å². The first-order valence-corrected chi connectivity index (χ1v) is 16.0. The number of carbonyl (C=O) groups excluding carboxylic acids is 2. The zero-order valence-electron chi connectivity index (χ0n) is 15.5. The Morgan fingerprint density at radius 3 is 2.09 bits per heavy atom. The van der Waals surface area contributed by atoms with Crippen molar-refractivity contribution in [1.29, 1.82) is 0 Å². The third kappa shape index (κ3) is 3.00.